The molecule has 1 unspecified atom stereocenters. The lowest BCUT2D eigenvalue weighted by Gasteiger charge is -2.14. The highest BCUT2D eigenvalue weighted by Gasteiger charge is 2.31. The maximum absolute atomic E-state index is 12.5. The predicted molar refractivity (Wildman–Crippen MR) is 94.0 cm³/mol. The highest BCUT2D eigenvalue weighted by molar-refractivity contribution is 5.93. The van der Waals surface area contributed by atoms with Gasteiger partial charge in [-0.1, -0.05) is 12.1 Å². The van der Waals surface area contributed by atoms with Crippen LogP contribution in [0.1, 0.15) is 22.6 Å². The molecule has 1 aromatic carbocycles. The molecule has 2 N–H and O–H groups in total. The molecule has 2 amide bonds. The van der Waals surface area contributed by atoms with Crippen LogP contribution < -0.4 is 14.8 Å². The maximum Gasteiger partial charge on any atom is 0.274 e. The van der Waals surface area contributed by atoms with Gasteiger partial charge in [0.1, 0.15) is 6.61 Å². The number of likely N-dealkylation sites (tertiary alicyclic amines) is 1. The predicted octanol–water partition coefficient (Wildman–Crippen LogP) is 1.21. The molecule has 1 aliphatic rings. The number of methoxy groups -OCH3 is 1. The highest BCUT2D eigenvalue weighted by Crippen LogP contribution is 2.26. The van der Waals surface area contributed by atoms with Crippen molar-refractivity contribution in [3.63, 3.8) is 0 Å². The number of aromatic amines is 1. The van der Waals surface area contributed by atoms with Gasteiger partial charge in [0.2, 0.25) is 5.91 Å². The van der Waals surface area contributed by atoms with E-state index in [0.29, 0.717) is 42.4 Å². The maximum atomic E-state index is 12.5. The van der Waals surface area contributed by atoms with E-state index in [1.165, 1.54) is 0 Å². The monoisotopic (exact) mass is 358 g/mol. The number of nitrogens with one attached hydrogen (secondary N) is 2. The minimum absolute atomic E-state index is 0.0341. The summed E-state index contributed by atoms with van der Waals surface area (Å²) in [6.45, 7) is 1.21. The molecule has 1 atom stereocenters. The molecule has 2 heterocycles. The minimum Gasteiger partial charge on any atom is -0.493 e. The third-order valence-electron chi connectivity index (χ3n) is 4.39. The number of carbonyl (C=O) groups is 2. The van der Waals surface area contributed by atoms with Crippen LogP contribution in [0.2, 0.25) is 0 Å². The van der Waals surface area contributed by atoms with Gasteiger partial charge in [0.15, 0.2) is 17.2 Å². The summed E-state index contributed by atoms with van der Waals surface area (Å²) in [5.41, 5.74) is 1.00. The molecule has 8 nitrogen and oxygen atoms in total. The van der Waals surface area contributed by atoms with Crippen LogP contribution >= 0.6 is 0 Å². The molecule has 0 radical (unpaired) electrons. The molecule has 138 valence electrons. The van der Waals surface area contributed by atoms with Crippen molar-refractivity contribution in [1.82, 2.24) is 20.4 Å². The summed E-state index contributed by atoms with van der Waals surface area (Å²) in [6, 6.07) is 9.01. The fourth-order valence-electron chi connectivity index (χ4n) is 2.96. The Morgan fingerprint density at radius 1 is 1.35 bits per heavy atom. The largest absolute Gasteiger partial charge is 0.493 e. The van der Waals surface area contributed by atoms with Gasteiger partial charge >= 0.3 is 0 Å². The molecule has 8 heteroatoms. The van der Waals surface area contributed by atoms with Gasteiger partial charge in [-0.05, 0) is 24.6 Å². The molecule has 2 aromatic rings. The molecule has 0 saturated carbocycles. The van der Waals surface area contributed by atoms with Gasteiger partial charge in [-0.3, -0.25) is 14.7 Å². The minimum atomic E-state index is -0.184. The Balaban J connectivity index is 1.59. The van der Waals surface area contributed by atoms with E-state index in [4.69, 9.17) is 9.47 Å². The molecule has 1 saturated heterocycles. The number of benzene rings is 1. The summed E-state index contributed by atoms with van der Waals surface area (Å²) in [5.74, 6) is 0.881. The van der Waals surface area contributed by atoms with E-state index in [-0.39, 0.29) is 24.3 Å². The Morgan fingerprint density at radius 3 is 2.85 bits per heavy atom. The van der Waals surface area contributed by atoms with E-state index >= 15 is 0 Å². The third-order valence-corrected chi connectivity index (χ3v) is 4.39. The summed E-state index contributed by atoms with van der Waals surface area (Å²) in [4.78, 5) is 25.9. The summed E-state index contributed by atoms with van der Waals surface area (Å²) < 4.78 is 11.0. The molecule has 0 spiro atoms. The van der Waals surface area contributed by atoms with Crippen LogP contribution in [-0.2, 0) is 11.4 Å². The van der Waals surface area contributed by atoms with E-state index in [0.717, 1.165) is 0 Å². The number of nitrogens with zero attached hydrogens (tertiary/aromatic N) is 2. The smallest absolute Gasteiger partial charge is 0.274 e. The molecule has 3 rings (SSSR count). The van der Waals surface area contributed by atoms with Crippen LogP contribution in [0.4, 0.5) is 0 Å². The topological polar surface area (TPSA) is 96.5 Å². The van der Waals surface area contributed by atoms with Crippen LogP contribution in [0.5, 0.6) is 11.5 Å². The lowest BCUT2D eigenvalue weighted by molar-refractivity contribution is -0.124. The Bertz CT molecular complexity index is 789. The van der Waals surface area contributed by atoms with Crippen molar-refractivity contribution in [3.8, 4) is 11.5 Å². The molecule has 1 aliphatic heterocycles. The van der Waals surface area contributed by atoms with Crippen molar-refractivity contribution in [2.45, 2.75) is 13.0 Å². The zero-order chi connectivity index (χ0) is 18.5. The van der Waals surface area contributed by atoms with Crippen LogP contribution in [0, 0.1) is 5.92 Å². The fourth-order valence-corrected chi connectivity index (χ4v) is 2.96. The second kappa shape index (κ2) is 7.90. The van der Waals surface area contributed by atoms with E-state index < -0.39 is 0 Å². The van der Waals surface area contributed by atoms with Gasteiger partial charge in [-0.15, -0.1) is 0 Å². The Hall–Kier alpha value is -3.03. The van der Waals surface area contributed by atoms with Gasteiger partial charge in [0, 0.05) is 20.1 Å². The number of H-pyrrole nitrogens is 1. The number of hydrogen-bond acceptors (Lipinski definition) is 5. The summed E-state index contributed by atoms with van der Waals surface area (Å²) >= 11 is 0. The van der Waals surface area contributed by atoms with Gasteiger partial charge in [0.05, 0.1) is 18.7 Å². The summed E-state index contributed by atoms with van der Waals surface area (Å²) in [5, 5.41) is 9.52. The highest BCUT2D eigenvalue weighted by atomic mass is 16.5. The number of para-hydroxylation sites is 2. The number of ether oxygens (including phenoxy) is 2. The molecule has 26 heavy (non-hydrogen) atoms. The average molecular weight is 358 g/mol. The lowest BCUT2D eigenvalue weighted by atomic mass is 10.1. The molecule has 0 aliphatic carbocycles. The SMILES string of the molecule is CNC(=O)C1CCN(C(=O)c2cc(COc3ccccc3OC)[nH]n2)C1. The van der Waals surface area contributed by atoms with Gasteiger partial charge in [-0.2, -0.15) is 5.10 Å². The quantitative estimate of drug-likeness (QED) is 0.809. The van der Waals surface area contributed by atoms with Crippen molar-refractivity contribution in [2.24, 2.45) is 5.92 Å². The second-order valence-corrected chi connectivity index (χ2v) is 6.07. The first kappa shape index (κ1) is 17.8. The Labute approximate surface area is 151 Å². The Morgan fingerprint density at radius 2 is 2.12 bits per heavy atom. The normalized spacial score (nSPS) is 16.4. The first-order chi connectivity index (χ1) is 12.6. The zero-order valence-corrected chi connectivity index (χ0v) is 14.8. The molecule has 1 aromatic heterocycles. The number of carbonyl (C=O) groups excluding carboxylic acids is 2. The van der Waals surface area contributed by atoms with Crippen molar-refractivity contribution in [2.75, 3.05) is 27.2 Å². The van der Waals surface area contributed by atoms with Crippen LogP contribution in [0.25, 0.3) is 0 Å². The van der Waals surface area contributed by atoms with Gasteiger partial charge < -0.3 is 19.7 Å². The Kier molecular flexibility index (Phi) is 5.40. The van der Waals surface area contributed by atoms with Crippen molar-refractivity contribution < 1.29 is 19.1 Å². The first-order valence-electron chi connectivity index (χ1n) is 8.43. The second-order valence-electron chi connectivity index (χ2n) is 6.07. The zero-order valence-electron chi connectivity index (χ0n) is 14.8. The van der Waals surface area contributed by atoms with E-state index in [2.05, 4.69) is 15.5 Å². The number of hydrogen-bond donors (Lipinski definition) is 2. The van der Waals surface area contributed by atoms with E-state index in [1.807, 2.05) is 24.3 Å². The van der Waals surface area contributed by atoms with E-state index in [1.54, 1.807) is 25.1 Å². The van der Waals surface area contributed by atoms with Crippen molar-refractivity contribution in [3.05, 3.63) is 41.7 Å². The van der Waals surface area contributed by atoms with Gasteiger partial charge in [-0.25, -0.2) is 0 Å². The van der Waals surface area contributed by atoms with Gasteiger partial charge in [0.25, 0.3) is 5.91 Å². The summed E-state index contributed by atoms with van der Waals surface area (Å²) in [7, 11) is 3.19. The molecular formula is C18H22N4O4. The number of rotatable bonds is 6. The van der Waals surface area contributed by atoms with E-state index in [9.17, 15) is 9.59 Å². The van der Waals surface area contributed by atoms with Crippen LogP contribution in [-0.4, -0.2) is 54.2 Å². The lowest BCUT2D eigenvalue weighted by Crippen LogP contribution is -2.33. The molecule has 0 bridgehead atoms. The third kappa shape index (κ3) is 3.79. The summed E-state index contributed by atoms with van der Waals surface area (Å²) in [6.07, 6.45) is 0.666. The van der Waals surface area contributed by atoms with Crippen LogP contribution in [0.3, 0.4) is 0 Å². The van der Waals surface area contributed by atoms with Crippen molar-refractivity contribution in [1.29, 1.82) is 0 Å². The molecule has 1 fully saturated rings. The fraction of sp³-hybridized carbons (Fsp3) is 0.389. The number of amides is 2. The standard InChI is InChI=1S/C18H22N4O4/c1-19-17(23)12-7-8-22(10-12)18(24)14-9-13(20-21-14)11-26-16-6-4-3-5-15(16)25-2/h3-6,9,12H,7-8,10-11H2,1-2H3,(H,19,23)(H,20,21). The average Bonchev–Trinajstić information content (AvgIpc) is 3.35. The first-order valence-corrected chi connectivity index (χ1v) is 8.43. The van der Waals surface area contributed by atoms with Crippen LogP contribution in [0.15, 0.2) is 30.3 Å². The van der Waals surface area contributed by atoms with Crippen molar-refractivity contribution >= 4 is 11.8 Å². The molecular weight excluding hydrogens is 336 g/mol. The number of aromatic nitrogens is 2.